The summed E-state index contributed by atoms with van der Waals surface area (Å²) in [5, 5.41) is 5.11. The number of furan rings is 1. The van der Waals surface area contributed by atoms with Crippen molar-refractivity contribution in [1.82, 2.24) is 9.97 Å². The first-order valence-corrected chi connectivity index (χ1v) is 12.6. The molecule has 0 saturated heterocycles. The maximum atomic E-state index is 7.78. The van der Waals surface area contributed by atoms with E-state index < -0.39 is 13.7 Å². The van der Waals surface area contributed by atoms with Gasteiger partial charge in [-0.05, 0) is 66.7 Å². The van der Waals surface area contributed by atoms with Crippen LogP contribution < -0.4 is 0 Å². The van der Waals surface area contributed by atoms with Crippen LogP contribution in [0.4, 0.5) is 0 Å². The van der Waals surface area contributed by atoms with Gasteiger partial charge >= 0.3 is 0 Å². The molecule has 0 fully saturated rings. The fraction of sp³-hybridized carbons (Fsp3) is 0.0909. The molecule has 0 atom stereocenters. The van der Waals surface area contributed by atoms with Gasteiger partial charge in [0.05, 0.1) is 5.58 Å². The van der Waals surface area contributed by atoms with Crippen molar-refractivity contribution in [3.8, 4) is 22.5 Å². The van der Waals surface area contributed by atoms with E-state index in [0.29, 0.717) is 16.8 Å². The molecular formula is C33H24IrN2OS-2. The Bertz CT molecular complexity index is 2020. The number of aryl methyl sites for hydroxylation is 3. The Morgan fingerprint density at radius 3 is 2.58 bits per heavy atom. The number of fused-ring (bicyclic) bond motifs is 5. The molecule has 0 aliphatic carbocycles. The van der Waals surface area contributed by atoms with Gasteiger partial charge in [-0.15, -0.1) is 65.4 Å². The van der Waals surface area contributed by atoms with Crippen LogP contribution in [0.25, 0.3) is 54.5 Å². The number of aromatic nitrogens is 2. The van der Waals surface area contributed by atoms with Crippen LogP contribution in [0.1, 0.15) is 23.5 Å². The zero-order valence-corrected chi connectivity index (χ0v) is 23.5. The molecule has 7 rings (SSSR count). The second-order valence-electron chi connectivity index (χ2n) is 8.62. The van der Waals surface area contributed by atoms with Gasteiger partial charge in [-0.3, -0.25) is 0 Å². The molecule has 4 heterocycles. The normalized spacial score (nSPS) is 13.2. The van der Waals surface area contributed by atoms with Gasteiger partial charge in [0.15, 0.2) is 0 Å². The number of thiophene rings is 1. The van der Waals surface area contributed by atoms with Crippen molar-refractivity contribution in [3.63, 3.8) is 0 Å². The smallest absolute Gasteiger partial charge is 0.121 e. The van der Waals surface area contributed by atoms with Crippen molar-refractivity contribution in [3.05, 3.63) is 119 Å². The molecule has 38 heavy (non-hydrogen) atoms. The van der Waals surface area contributed by atoms with E-state index in [1.165, 1.54) is 22.5 Å². The van der Waals surface area contributed by atoms with E-state index in [4.69, 9.17) is 11.3 Å². The van der Waals surface area contributed by atoms with Gasteiger partial charge in [0.1, 0.15) is 5.58 Å². The van der Waals surface area contributed by atoms with E-state index in [2.05, 4.69) is 34.2 Å². The van der Waals surface area contributed by atoms with Gasteiger partial charge in [0.25, 0.3) is 0 Å². The number of benzene rings is 3. The summed E-state index contributed by atoms with van der Waals surface area (Å²) in [5.41, 5.74) is 5.61. The van der Waals surface area contributed by atoms with Crippen molar-refractivity contribution in [2.24, 2.45) is 0 Å². The fourth-order valence-corrected chi connectivity index (χ4v) is 5.06. The van der Waals surface area contributed by atoms with Crippen molar-refractivity contribution < 1.29 is 31.4 Å². The topological polar surface area (TPSA) is 38.9 Å². The monoisotopic (exact) mass is 694 g/mol. The first kappa shape index (κ1) is 20.3. The van der Waals surface area contributed by atoms with Crippen LogP contribution in [0.15, 0.2) is 95.0 Å². The molecule has 0 unspecified atom stereocenters. The average Bonchev–Trinajstić information content (AvgIpc) is 3.62. The molecule has 5 heteroatoms. The summed E-state index contributed by atoms with van der Waals surface area (Å²) in [6, 6.07) is 29.5. The Kier molecular flexibility index (Phi) is 5.89. The van der Waals surface area contributed by atoms with Gasteiger partial charge in [-0.1, -0.05) is 34.7 Å². The number of hydrogen-bond donors (Lipinski definition) is 0. The number of rotatable bonds is 2. The zero-order valence-electron chi connectivity index (χ0n) is 25.3. The average molecular weight is 694 g/mol. The standard InChI is InChI=1S/C21H14NOS.C12H10N.Ir/c1-12-10-17(22-11-13(12)2)14-4-3-5-16-20-15-8-9-24-19(15)7-6-18(20)23-21(14)16;1-10-7-8-12(13-9-10)11-5-3-2-4-6-11;/h3,5-11H,1-2H3;2-5,7-9H,1H3;/q2*-1;/i1D2,2D3;;. The second-order valence-corrected chi connectivity index (χ2v) is 9.57. The summed E-state index contributed by atoms with van der Waals surface area (Å²) < 4.78 is 45.8. The molecular weight excluding hydrogens is 665 g/mol. The van der Waals surface area contributed by atoms with Crippen LogP contribution in [0.5, 0.6) is 0 Å². The number of hydrogen-bond acceptors (Lipinski definition) is 4. The molecule has 3 nitrogen and oxygen atoms in total. The largest absolute Gasteiger partial charge is 0.501 e. The molecule has 0 saturated carbocycles. The van der Waals surface area contributed by atoms with Crippen molar-refractivity contribution in [1.29, 1.82) is 0 Å². The van der Waals surface area contributed by atoms with E-state index in [1.54, 1.807) is 17.4 Å². The SMILES string of the molecule is Cc1ccc(-c2[c-]cccc2)nc1.[2H]C([2H])c1cc(-c2[c-]ccc3c2oc2ccc4sccc4c23)ncc1C([2H])([2H])[2H].[Ir]. The first-order chi connectivity index (χ1) is 20.2. The van der Waals surface area contributed by atoms with Crippen LogP contribution in [0.2, 0.25) is 0 Å². The van der Waals surface area contributed by atoms with E-state index in [0.717, 1.165) is 33.0 Å². The molecule has 1 radical (unpaired) electrons. The van der Waals surface area contributed by atoms with Crippen LogP contribution in [0.3, 0.4) is 0 Å². The third-order valence-corrected chi connectivity index (χ3v) is 7.00. The molecule has 3 aromatic carbocycles. The molecule has 0 aliphatic rings. The van der Waals surface area contributed by atoms with E-state index >= 15 is 0 Å². The van der Waals surface area contributed by atoms with Crippen molar-refractivity contribution >= 4 is 43.4 Å². The summed E-state index contributed by atoms with van der Waals surface area (Å²) in [6.45, 7) is -1.83. The van der Waals surface area contributed by atoms with Gasteiger partial charge in [0, 0.05) is 54.8 Å². The Hall–Kier alpha value is -3.63. The van der Waals surface area contributed by atoms with Crippen LogP contribution >= 0.6 is 11.3 Å². The third-order valence-electron chi connectivity index (χ3n) is 6.12. The van der Waals surface area contributed by atoms with Gasteiger partial charge < -0.3 is 14.4 Å². The van der Waals surface area contributed by atoms with E-state index in [-0.39, 0.29) is 31.2 Å². The number of pyridine rings is 2. The molecule has 7 aromatic rings. The van der Waals surface area contributed by atoms with Crippen LogP contribution in [-0.4, -0.2) is 9.97 Å². The molecule has 4 aromatic heterocycles. The van der Waals surface area contributed by atoms with E-state index in [1.807, 2.05) is 67.0 Å². The molecule has 0 N–H and O–H groups in total. The Morgan fingerprint density at radius 1 is 0.868 bits per heavy atom. The van der Waals surface area contributed by atoms with Gasteiger partial charge in [-0.25, -0.2) is 0 Å². The van der Waals surface area contributed by atoms with E-state index in [9.17, 15) is 0 Å². The summed E-state index contributed by atoms with van der Waals surface area (Å²) >= 11 is 1.67. The molecule has 189 valence electrons. The summed E-state index contributed by atoms with van der Waals surface area (Å²) in [7, 11) is 0. The first-order valence-electron chi connectivity index (χ1n) is 14.3. The molecule has 0 aliphatic heterocycles. The van der Waals surface area contributed by atoms with Crippen LogP contribution in [0, 0.1) is 32.8 Å². The summed E-state index contributed by atoms with van der Waals surface area (Å²) in [6.07, 6.45) is 3.11. The maximum Gasteiger partial charge on any atom is 0.121 e. The zero-order chi connectivity index (χ0) is 29.4. The number of nitrogens with zero attached hydrogens (tertiary/aromatic N) is 2. The van der Waals surface area contributed by atoms with Gasteiger partial charge in [-0.2, -0.15) is 0 Å². The predicted molar refractivity (Wildman–Crippen MR) is 154 cm³/mol. The predicted octanol–water partition coefficient (Wildman–Crippen LogP) is 9.13. The Morgan fingerprint density at radius 2 is 1.79 bits per heavy atom. The van der Waals surface area contributed by atoms with Crippen molar-refractivity contribution in [2.45, 2.75) is 20.7 Å². The van der Waals surface area contributed by atoms with Crippen molar-refractivity contribution in [2.75, 3.05) is 0 Å². The second kappa shape index (κ2) is 11.0. The van der Waals surface area contributed by atoms with Gasteiger partial charge in [0.2, 0.25) is 0 Å². The maximum absolute atomic E-state index is 7.78. The molecule has 0 amide bonds. The minimum atomic E-state index is -2.43. The summed E-state index contributed by atoms with van der Waals surface area (Å²) in [5.74, 6) is 0. The Labute approximate surface area is 246 Å². The fourth-order valence-electron chi connectivity index (χ4n) is 4.26. The Balaban J connectivity index is 0.000000221. The molecule has 0 spiro atoms. The van der Waals surface area contributed by atoms with Crippen LogP contribution in [-0.2, 0) is 20.1 Å². The summed E-state index contributed by atoms with van der Waals surface area (Å²) in [4.78, 5) is 8.63. The minimum Gasteiger partial charge on any atom is -0.501 e. The quantitative estimate of drug-likeness (QED) is 0.170. The minimum absolute atomic E-state index is 0. The third kappa shape index (κ3) is 4.93. The molecule has 0 bridgehead atoms.